The maximum atomic E-state index is 12.6. The highest BCUT2D eigenvalue weighted by Gasteiger charge is 2.24. The minimum atomic E-state index is -0.244. The van der Waals surface area contributed by atoms with Gasteiger partial charge in [0.25, 0.3) is 11.5 Å². The largest absolute Gasteiger partial charge is 0.352 e. The van der Waals surface area contributed by atoms with Gasteiger partial charge >= 0.3 is 0 Å². The number of anilines is 3. The van der Waals surface area contributed by atoms with Crippen molar-refractivity contribution in [1.82, 2.24) is 29.9 Å². The first-order valence-corrected chi connectivity index (χ1v) is 9.61. The Balaban J connectivity index is 1.36. The molecule has 10 nitrogen and oxygen atoms in total. The number of nitrogens with zero attached hydrogens (tertiary/aromatic N) is 7. The van der Waals surface area contributed by atoms with Gasteiger partial charge in [-0.15, -0.1) is 10.2 Å². The van der Waals surface area contributed by atoms with Gasteiger partial charge in [0.15, 0.2) is 11.6 Å². The van der Waals surface area contributed by atoms with Gasteiger partial charge in [-0.25, -0.2) is 9.67 Å². The number of carbonyl (C=O) groups excluding carboxylic acids is 1. The number of carbonyl (C=O) groups is 1. The number of aromatic nitrogens is 5. The Hall–Kier alpha value is -3.82. The second-order valence-corrected chi connectivity index (χ2v) is 7.08. The predicted octanol–water partition coefficient (Wildman–Crippen LogP) is 0.980. The molecule has 1 aliphatic rings. The van der Waals surface area contributed by atoms with Gasteiger partial charge in [0.2, 0.25) is 0 Å². The van der Waals surface area contributed by atoms with E-state index in [0.29, 0.717) is 32.0 Å². The molecule has 1 fully saturated rings. The van der Waals surface area contributed by atoms with Gasteiger partial charge in [-0.2, -0.15) is 5.10 Å². The number of nitrogens with one attached hydrogen (secondary N) is 1. The first-order chi connectivity index (χ1) is 14.5. The van der Waals surface area contributed by atoms with E-state index in [1.807, 2.05) is 31.2 Å². The Morgan fingerprint density at radius 1 is 1.00 bits per heavy atom. The molecule has 0 bridgehead atoms. The minimum Gasteiger partial charge on any atom is -0.352 e. The van der Waals surface area contributed by atoms with Gasteiger partial charge in [-0.1, -0.05) is 0 Å². The first kappa shape index (κ1) is 19.5. The number of aryl methyl sites for hydroxylation is 2. The highest BCUT2D eigenvalue weighted by atomic mass is 16.2. The summed E-state index contributed by atoms with van der Waals surface area (Å²) in [5.41, 5.74) is 1.13. The maximum absolute atomic E-state index is 12.6. The van der Waals surface area contributed by atoms with Crippen LogP contribution in [-0.4, -0.2) is 61.9 Å². The molecule has 10 heteroatoms. The molecule has 1 amide bonds. The third-order valence-electron chi connectivity index (χ3n) is 4.89. The van der Waals surface area contributed by atoms with E-state index in [4.69, 9.17) is 0 Å². The summed E-state index contributed by atoms with van der Waals surface area (Å²) in [4.78, 5) is 32.2. The molecule has 0 aromatic carbocycles. The van der Waals surface area contributed by atoms with Crippen LogP contribution in [0, 0.1) is 6.92 Å². The van der Waals surface area contributed by atoms with Crippen molar-refractivity contribution in [3.8, 4) is 0 Å². The first-order valence-electron chi connectivity index (χ1n) is 9.61. The van der Waals surface area contributed by atoms with Crippen LogP contribution < -0.4 is 15.8 Å². The van der Waals surface area contributed by atoms with Crippen molar-refractivity contribution in [2.75, 3.05) is 36.4 Å². The van der Waals surface area contributed by atoms with Crippen LogP contribution in [-0.2, 0) is 7.05 Å². The molecule has 1 saturated heterocycles. The van der Waals surface area contributed by atoms with E-state index in [-0.39, 0.29) is 17.2 Å². The summed E-state index contributed by atoms with van der Waals surface area (Å²) in [6, 6.07) is 10.4. The second kappa shape index (κ2) is 8.27. The molecule has 3 aromatic heterocycles. The number of hydrogen-bond acceptors (Lipinski definition) is 8. The van der Waals surface area contributed by atoms with Gasteiger partial charge in [0.05, 0.1) is 0 Å². The molecule has 4 heterocycles. The number of piperazine rings is 1. The SMILES string of the molecule is Cc1ccnc(Nc2ccc(N3CCN(C(=O)c4ccc(=O)n(C)n4)CC3)nn2)c1. The number of hydrogen-bond donors (Lipinski definition) is 1. The maximum Gasteiger partial charge on any atom is 0.274 e. The van der Waals surface area contributed by atoms with Gasteiger partial charge in [-0.05, 0) is 42.8 Å². The summed E-state index contributed by atoms with van der Waals surface area (Å²) in [5.74, 6) is 1.91. The molecule has 0 radical (unpaired) electrons. The second-order valence-electron chi connectivity index (χ2n) is 7.08. The molecule has 0 spiro atoms. The smallest absolute Gasteiger partial charge is 0.274 e. The van der Waals surface area contributed by atoms with Crippen molar-refractivity contribution >= 4 is 23.4 Å². The summed E-state index contributed by atoms with van der Waals surface area (Å²) >= 11 is 0. The van der Waals surface area contributed by atoms with Crippen molar-refractivity contribution in [2.45, 2.75) is 6.92 Å². The normalized spacial score (nSPS) is 13.9. The van der Waals surface area contributed by atoms with Crippen molar-refractivity contribution in [3.05, 3.63) is 64.2 Å². The predicted molar refractivity (Wildman–Crippen MR) is 112 cm³/mol. The molecular weight excluding hydrogens is 384 g/mol. The van der Waals surface area contributed by atoms with Gasteiger partial charge in [0, 0.05) is 45.5 Å². The molecule has 0 unspecified atom stereocenters. The fraction of sp³-hybridized carbons (Fsp3) is 0.300. The van der Waals surface area contributed by atoms with Gasteiger partial charge in [0.1, 0.15) is 11.5 Å². The lowest BCUT2D eigenvalue weighted by molar-refractivity contribution is 0.0738. The van der Waals surface area contributed by atoms with E-state index < -0.39 is 0 Å². The molecule has 0 aliphatic carbocycles. The zero-order valence-electron chi connectivity index (χ0n) is 16.8. The van der Waals surface area contributed by atoms with Crippen molar-refractivity contribution in [1.29, 1.82) is 0 Å². The van der Waals surface area contributed by atoms with Crippen LogP contribution in [0.15, 0.2) is 47.4 Å². The average Bonchev–Trinajstić information content (AvgIpc) is 2.76. The van der Waals surface area contributed by atoms with Crippen LogP contribution in [0.5, 0.6) is 0 Å². The highest BCUT2D eigenvalue weighted by Crippen LogP contribution is 2.17. The summed E-state index contributed by atoms with van der Waals surface area (Å²) in [5, 5.41) is 15.7. The van der Waals surface area contributed by atoms with E-state index in [9.17, 15) is 9.59 Å². The van der Waals surface area contributed by atoms with Gasteiger partial charge < -0.3 is 15.1 Å². The number of amides is 1. The van der Waals surface area contributed by atoms with Crippen molar-refractivity contribution < 1.29 is 4.79 Å². The molecule has 30 heavy (non-hydrogen) atoms. The molecule has 0 atom stereocenters. The Bertz CT molecular complexity index is 1100. The van der Waals surface area contributed by atoms with E-state index in [0.717, 1.165) is 17.2 Å². The van der Waals surface area contributed by atoms with Crippen LogP contribution in [0.25, 0.3) is 0 Å². The fourth-order valence-corrected chi connectivity index (χ4v) is 3.21. The lowest BCUT2D eigenvalue weighted by Crippen LogP contribution is -2.49. The number of pyridine rings is 1. The zero-order valence-corrected chi connectivity index (χ0v) is 16.8. The van der Waals surface area contributed by atoms with E-state index in [1.54, 1.807) is 11.1 Å². The van der Waals surface area contributed by atoms with Crippen LogP contribution in [0.1, 0.15) is 16.1 Å². The van der Waals surface area contributed by atoms with E-state index in [1.165, 1.54) is 23.9 Å². The Morgan fingerprint density at radius 3 is 2.47 bits per heavy atom. The molecular formula is C20H22N8O2. The molecule has 1 aliphatic heterocycles. The van der Waals surface area contributed by atoms with Crippen molar-refractivity contribution in [3.63, 3.8) is 0 Å². The third kappa shape index (κ3) is 4.27. The Morgan fingerprint density at radius 2 is 1.80 bits per heavy atom. The lowest BCUT2D eigenvalue weighted by atomic mass is 10.2. The van der Waals surface area contributed by atoms with Crippen LogP contribution in [0.3, 0.4) is 0 Å². The fourth-order valence-electron chi connectivity index (χ4n) is 3.21. The minimum absolute atomic E-state index is 0.179. The van der Waals surface area contributed by atoms with E-state index >= 15 is 0 Å². The lowest BCUT2D eigenvalue weighted by Gasteiger charge is -2.35. The number of rotatable bonds is 4. The topological polar surface area (TPSA) is 109 Å². The quantitative estimate of drug-likeness (QED) is 0.683. The molecule has 4 rings (SSSR count). The Labute approximate surface area is 173 Å². The van der Waals surface area contributed by atoms with Crippen LogP contribution in [0.2, 0.25) is 0 Å². The highest BCUT2D eigenvalue weighted by molar-refractivity contribution is 5.92. The average molecular weight is 406 g/mol. The van der Waals surface area contributed by atoms with Crippen LogP contribution >= 0.6 is 0 Å². The van der Waals surface area contributed by atoms with Crippen LogP contribution in [0.4, 0.5) is 17.5 Å². The monoisotopic (exact) mass is 406 g/mol. The molecule has 3 aromatic rings. The van der Waals surface area contributed by atoms with Gasteiger partial charge in [-0.3, -0.25) is 9.59 Å². The van der Waals surface area contributed by atoms with E-state index in [2.05, 4.69) is 30.5 Å². The third-order valence-corrected chi connectivity index (χ3v) is 4.89. The zero-order chi connectivity index (χ0) is 21.1. The molecule has 0 saturated carbocycles. The molecule has 1 N–H and O–H groups in total. The summed E-state index contributed by atoms with van der Waals surface area (Å²) < 4.78 is 1.17. The summed E-state index contributed by atoms with van der Waals surface area (Å²) in [6.45, 7) is 4.36. The summed E-state index contributed by atoms with van der Waals surface area (Å²) in [6.07, 6.45) is 1.74. The standard InChI is InChI=1S/C20H22N8O2/c1-14-7-8-21-17(13-14)22-16-4-5-18(24-23-16)27-9-11-28(12-10-27)20(30)15-3-6-19(29)26(2)25-15/h3-8,13H,9-12H2,1-2H3,(H,21,22,23). The summed E-state index contributed by atoms with van der Waals surface area (Å²) in [7, 11) is 1.53. The molecule has 154 valence electrons. The van der Waals surface area contributed by atoms with Crippen molar-refractivity contribution in [2.24, 2.45) is 7.05 Å². The Kier molecular flexibility index (Phi) is 5.38.